The Morgan fingerprint density at radius 1 is 1.00 bits per heavy atom. The summed E-state index contributed by atoms with van der Waals surface area (Å²) in [6.07, 6.45) is 0.566. The summed E-state index contributed by atoms with van der Waals surface area (Å²) in [7, 11) is 4.58. The molecule has 0 bridgehead atoms. The predicted octanol–water partition coefficient (Wildman–Crippen LogP) is 3.53. The molecular weight excluding hydrogens is 370 g/mol. The molecule has 158 valence electrons. The summed E-state index contributed by atoms with van der Waals surface area (Å²) < 4.78 is 16.2. The van der Waals surface area contributed by atoms with Crippen LogP contribution in [-0.2, 0) is 0 Å². The molecular formula is C23H31NO5. The number of ether oxygens (including phenoxy) is 3. The number of aliphatic hydroxyl groups is 1. The topological polar surface area (TPSA) is 77.0 Å². The number of benzene rings is 2. The van der Waals surface area contributed by atoms with E-state index < -0.39 is 0 Å². The molecule has 1 unspecified atom stereocenters. The van der Waals surface area contributed by atoms with Gasteiger partial charge in [-0.2, -0.15) is 0 Å². The van der Waals surface area contributed by atoms with Crippen LogP contribution in [0.5, 0.6) is 17.2 Å². The first-order valence-corrected chi connectivity index (χ1v) is 9.63. The van der Waals surface area contributed by atoms with Gasteiger partial charge in [-0.3, -0.25) is 4.79 Å². The van der Waals surface area contributed by atoms with Gasteiger partial charge in [0.1, 0.15) is 0 Å². The zero-order valence-electron chi connectivity index (χ0n) is 18.1. The lowest BCUT2D eigenvalue weighted by Gasteiger charge is -2.20. The SMILES string of the molecule is COc1cc(C(=O)NCC(CCO)c2ccc(C)c(C)c2)c(C)c(OC)c1OC. The Labute approximate surface area is 172 Å². The lowest BCUT2D eigenvalue weighted by Crippen LogP contribution is -2.29. The van der Waals surface area contributed by atoms with E-state index >= 15 is 0 Å². The van der Waals surface area contributed by atoms with Crippen LogP contribution >= 0.6 is 0 Å². The molecule has 0 radical (unpaired) electrons. The Morgan fingerprint density at radius 2 is 1.69 bits per heavy atom. The summed E-state index contributed by atoms with van der Waals surface area (Å²) in [6.45, 7) is 6.40. The van der Waals surface area contributed by atoms with E-state index in [-0.39, 0.29) is 18.4 Å². The number of hydrogen-bond donors (Lipinski definition) is 2. The van der Waals surface area contributed by atoms with Crippen molar-refractivity contribution in [2.24, 2.45) is 0 Å². The second kappa shape index (κ2) is 10.2. The van der Waals surface area contributed by atoms with E-state index in [1.54, 1.807) is 6.07 Å². The number of aryl methyl sites for hydroxylation is 2. The molecule has 2 aromatic carbocycles. The summed E-state index contributed by atoms with van der Waals surface area (Å²) in [5.74, 6) is 1.15. The first kappa shape index (κ1) is 22.6. The van der Waals surface area contributed by atoms with Gasteiger partial charge in [-0.15, -0.1) is 0 Å². The number of hydrogen-bond acceptors (Lipinski definition) is 5. The number of rotatable bonds is 9. The smallest absolute Gasteiger partial charge is 0.251 e. The third-order valence-electron chi connectivity index (χ3n) is 5.31. The van der Waals surface area contributed by atoms with E-state index in [0.717, 1.165) is 5.56 Å². The summed E-state index contributed by atoms with van der Waals surface area (Å²) in [6, 6.07) is 7.90. The molecule has 1 amide bonds. The molecule has 2 rings (SSSR count). The maximum atomic E-state index is 12.9. The first-order chi connectivity index (χ1) is 13.9. The van der Waals surface area contributed by atoms with Crippen LogP contribution in [0.2, 0.25) is 0 Å². The second-order valence-electron chi connectivity index (χ2n) is 7.08. The number of nitrogens with one attached hydrogen (secondary N) is 1. The third kappa shape index (κ3) is 5.01. The molecule has 2 aromatic rings. The van der Waals surface area contributed by atoms with E-state index in [2.05, 4.69) is 37.4 Å². The van der Waals surface area contributed by atoms with Gasteiger partial charge in [0.15, 0.2) is 11.5 Å². The fourth-order valence-corrected chi connectivity index (χ4v) is 3.41. The molecule has 0 spiro atoms. The first-order valence-electron chi connectivity index (χ1n) is 9.63. The van der Waals surface area contributed by atoms with Crippen molar-refractivity contribution in [2.75, 3.05) is 34.5 Å². The molecule has 0 aliphatic carbocycles. The van der Waals surface area contributed by atoms with Gasteiger partial charge in [0.2, 0.25) is 5.75 Å². The highest BCUT2D eigenvalue weighted by Crippen LogP contribution is 2.41. The zero-order chi connectivity index (χ0) is 21.6. The highest BCUT2D eigenvalue weighted by molar-refractivity contribution is 5.97. The summed E-state index contributed by atoms with van der Waals surface area (Å²) in [5, 5.41) is 12.5. The molecule has 0 aliphatic rings. The van der Waals surface area contributed by atoms with Crippen molar-refractivity contribution in [3.8, 4) is 17.2 Å². The van der Waals surface area contributed by atoms with Crippen LogP contribution in [0.3, 0.4) is 0 Å². The molecule has 6 heteroatoms. The van der Waals surface area contributed by atoms with E-state index in [4.69, 9.17) is 14.2 Å². The third-order valence-corrected chi connectivity index (χ3v) is 5.31. The molecule has 0 saturated carbocycles. The van der Waals surface area contributed by atoms with Crippen molar-refractivity contribution in [3.63, 3.8) is 0 Å². The van der Waals surface area contributed by atoms with Crippen LogP contribution < -0.4 is 19.5 Å². The maximum absolute atomic E-state index is 12.9. The Balaban J connectivity index is 2.27. The Morgan fingerprint density at radius 3 is 2.24 bits per heavy atom. The van der Waals surface area contributed by atoms with Crippen LogP contribution in [0.1, 0.15) is 45.0 Å². The highest BCUT2D eigenvalue weighted by atomic mass is 16.5. The van der Waals surface area contributed by atoms with Crippen LogP contribution in [-0.4, -0.2) is 45.5 Å². The minimum Gasteiger partial charge on any atom is -0.493 e. The minimum atomic E-state index is -0.228. The molecule has 6 nitrogen and oxygen atoms in total. The molecule has 0 aromatic heterocycles. The van der Waals surface area contributed by atoms with E-state index in [1.165, 1.54) is 32.5 Å². The normalized spacial score (nSPS) is 11.7. The maximum Gasteiger partial charge on any atom is 0.251 e. The summed E-state index contributed by atoms with van der Waals surface area (Å²) >= 11 is 0. The van der Waals surface area contributed by atoms with Crippen molar-refractivity contribution in [1.29, 1.82) is 0 Å². The summed E-state index contributed by atoms with van der Waals surface area (Å²) in [5.41, 5.74) is 4.64. The number of methoxy groups -OCH3 is 3. The van der Waals surface area contributed by atoms with E-state index in [9.17, 15) is 9.90 Å². The van der Waals surface area contributed by atoms with Gasteiger partial charge in [0, 0.05) is 30.2 Å². The standard InChI is InChI=1S/C23H31NO5/c1-14-7-8-17(11-15(14)2)18(9-10-25)13-24-23(26)19-12-20(27-4)22(29-6)21(28-5)16(19)3/h7-8,11-12,18,25H,9-10,13H2,1-6H3,(H,24,26). The summed E-state index contributed by atoms with van der Waals surface area (Å²) in [4.78, 5) is 12.9. The Bertz CT molecular complexity index is 863. The molecule has 2 N–H and O–H groups in total. The number of carbonyl (C=O) groups is 1. The minimum absolute atomic E-state index is 0.0191. The van der Waals surface area contributed by atoms with Crippen LogP contribution in [0.25, 0.3) is 0 Å². The fraction of sp³-hybridized carbons (Fsp3) is 0.435. The van der Waals surface area contributed by atoms with Gasteiger partial charge >= 0.3 is 0 Å². The largest absolute Gasteiger partial charge is 0.493 e. The Kier molecular flexibility index (Phi) is 7.91. The van der Waals surface area contributed by atoms with Crippen molar-refractivity contribution in [3.05, 3.63) is 52.1 Å². The number of amides is 1. The van der Waals surface area contributed by atoms with Crippen molar-refractivity contribution in [2.45, 2.75) is 33.1 Å². The highest BCUT2D eigenvalue weighted by Gasteiger charge is 2.22. The van der Waals surface area contributed by atoms with Crippen molar-refractivity contribution < 1.29 is 24.1 Å². The quantitative estimate of drug-likeness (QED) is 0.672. The second-order valence-corrected chi connectivity index (χ2v) is 7.08. The van der Waals surface area contributed by atoms with Crippen molar-refractivity contribution >= 4 is 5.91 Å². The molecule has 0 fully saturated rings. The lowest BCUT2D eigenvalue weighted by atomic mass is 9.93. The van der Waals surface area contributed by atoms with Crippen LogP contribution in [0.4, 0.5) is 0 Å². The van der Waals surface area contributed by atoms with Crippen LogP contribution in [0, 0.1) is 20.8 Å². The average Bonchev–Trinajstić information content (AvgIpc) is 2.72. The van der Waals surface area contributed by atoms with Gasteiger partial charge in [-0.1, -0.05) is 18.2 Å². The van der Waals surface area contributed by atoms with Gasteiger partial charge < -0.3 is 24.6 Å². The van der Waals surface area contributed by atoms with E-state index in [1.807, 2.05) is 6.92 Å². The van der Waals surface area contributed by atoms with E-state index in [0.29, 0.717) is 41.3 Å². The Hall–Kier alpha value is -2.73. The average molecular weight is 402 g/mol. The molecule has 0 heterocycles. The lowest BCUT2D eigenvalue weighted by molar-refractivity contribution is 0.0947. The van der Waals surface area contributed by atoms with Gasteiger partial charge in [0.25, 0.3) is 5.91 Å². The van der Waals surface area contributed by atoms with Crippen LogP contribution in [0.15, 0.2) is 24.3 Å². The van der Waals surface area contributed by atoms with Gasteiger partial charge in [-0.25, -0.2) is 0 Å². The molecule has 1 atom stereocenters. The number of carbonyl (C=O) groups excluding carboxylic acids is 1. The monoisotopic (exact) mass is 401 g/mol. The van der Waals surface area contributed by atoms with Gasteiger partial charge in [0.05, 0.1) is 21.3 Å². The van der Waals surface area contributed by atoms with Gasteiger partial charge in [-0.05, 0) is 49.9 Å². The molecule has 29 heavy (non-hydrogen) atoms. The van der Waals surface area contributed by atoms with Crippen molar-refractivity contribution in [1.82, 2.24) is 5.32 Å². The zero-order valence-corrected chi connectivity index (χ0v) is 18.1. The number of aliphatic hydroxyl groups excluding tert-OH is 1. The predicted molar refractivity (Wildman–Crippen MR) is 114 cm³/mol. The fourth-order valence-electron chi connectivity index (χ4n) is 3.41. The molecule has 0 saturated heterocycles. The molecule has 0 aliphatic heterocycles.